The number of hydrogen-bond donors (Lipinski definition) is 2. The van der Waals surface area contributed by atoms with Gasteiger partial charge in [-0.3, -0.25) is 14.5 Å². The van der Waals surface area contributed by atoms with Crippen LogP contribution in [0.4, 0.5) is 5.00 Å². The fourth-order valence-electron chi connectivity index (χ4n) is 3.06. The van der Waals surface area contributed by atoms with Crippen LogP contribution in [0.5, 0.6) is 0 Å². The summed E-state index contributed by atoms with van der Waals surface area (Å²) in [7, 11) is 1.70. The van der Waals surface area contributed by atoms with Crippen LogP contribution in [0.25, 0.3) is 11.1 Å². The molecular weight excluding hydrogens is 402 g/mol. The zero-order valence-corrected chi connectivity index (χ0v) is 18.9. The maximum Gasteiger partial charge on any atom is 0.341 e. The Morgan fingerprint density at radius 2 is 1.73 bits per heavy atom. The Morgan fingerprint density at radius 1 is 1.10 bits per heavy atom. The van der Waals surface area contributed by atoms with E-state index in [4.69, 9.17) is 4.74 Å². The van der Waals surface area contributed by atoms with Crippen molar-refractivity contribution in [1.29, 1.82) is 0 Å². The summed E-state index contributed by atoms with van der Waals surface area (Å²) in [5.41, 5.74) is 2.01. The van der Waals surface area contributed by atoms with Crippen LogP contribution in [0.3, 0.4) is 0 Å². The summed E-state index contributed by atoms with van der Waals surface area (Å²) in [6.45, 7) is 7.78. The van der Waals surface area contributed by atoms with Crippen molar-refractivity contribution in [3.8, 4) is 11.1 Å². The molecule has 0 spiro atoms. The molecule has 0 saturated carbocycles. The minimum Gasteiger partial charge on any atom is -0.462 e. The first-order chi connectivity index (χ1) is 14.2. The highest BCUT2D eigenvalue weighted by molar-refractivity contribution is 7.17. The standard InChI is InChI=1S/C22H29N3O4S/c1-6-29-22(28)20-19(16-10-8-7-9-11-16)15(4)30-21(20)24-18(27)13-25(5)12-17(26)23-14(2)3/h7-11,14H,6,12-13H2,1-5H3,(H,23,26)(H,24,27). The normalized spacial score (nSPS) is 10.9. The molecule has 0 unspecified atom stereocenters. The lowest BCUT2D eigenvalue weighted by Crippen LogP contribution is -2.41. The van der Waals surface area contributed by atoms with Crippen LogP contribution in [0.2, 0.25) is 0 Å². The van der Waals surface area contributed by atoms with Gasteiger partial charge in [-0.25, -0.2) is 4.79 Å². The summed E-state index contributed by atoms with van der Waals surface area (Å²) >= 11 is 1.34. The maximum absolute atomic E-state index is 12.7. The third-order valence-electron chi connectivity index (χ3n) is 4.16. The number of anilines is 1. The second-order valence-electron chi connectivity index (χ2n) is 7.27. The van der Waals surface area contributed by atoms with E-state index in [1.807, 2.05) is 51.1 Å². The number of carbonyl (C=O) groups is 3. The molecule has 2 amide bonds. The first kappa shape index (κ1) is 23.6. The van der Waals surface area contributed by atoms with Gasteiger partial charge in [0.15, 0.2) is 0 Å². The maximum atomic E-state index is 12.7. The fraction of sp³-hybridized carbons (Fsp3) is 0.409. The molecular formula is C22H29N3O4S. The van der Waals surface area contributed by atoms with Crippen molar-refractivity contribution in [2.24, 2.45) is 0 Å². The number of carbonyl (C=O) groups excluding carboxylic acids is 3. The largest absolute Gasteiger partial charge is 0.462 e. The number of rotatable bonds is 9. The van der Waals surface area contributed by atoms with Gasteiger partial charge in [0, 0.05) is 16.5 Å². The lowest BCUT2D eigenvalue weighted by Gasteiger charge is -2.17. The molecule has 0 aliphatic carbocycles. The highest BCUT2D eigenvalue weighted by Gasteiger charge is 2.25. The lowest BCUT2D eigenvalue weighted by atomic mass is 10.0. The van der Waals surface area contributed by atoms with E-state index >= 15 is 0 Å². The summed E-state index contributed by atoms with van der Waals surface area (Å²) in [6, 6.07) is 9.59. The SMILES string of the molecule is CCOC(=O)c1c(NC(=O)CN(C)CC(=O)NC(C)C)sc(C)c1-c1ccccc1. The van der Waals surface area contributed by atoms with Crippen LogP contribution in [0.1, 0.15) is 36.0 Å². The van der Waals surface area contributed by atoms with Crippen molar-refractivity contribution in [1.82, 2.24) is 10.2 Å². The summed E-state index contributed by atoms with van der Waals surface area (Å²) in [5, 5.41) is 6.08. The molecule has 0 atom stereocenters. The van der Waals surface area contributed by atoms with Crippen molar-refractivity contribution >= 4 is 34.1 Å². The van der Waals surface area contributed by atoms with Crippen LogP contribution in [0, 0.1) is 6.92 Å². The van der Waals surface area contributed by atoms with E-state index in [0.717, 1.165) is 16.0 Å². The second-order valence-corrected chi connectivity index (χ2v) is 8.49. The number of hydrogen-bond acceptors (Lipinski definition) is 6. The molecule has 1 heterocycles. The molecule has 0 aliphatic rings. The topological polar surface area (TPSA) is 87.7 Å². The number of amides is 2. The Morgan fingerprint density at radius 3 is 2.33 bits per heavy atom. The zero-order valence-electron chi connectivity index (χ0n) is 18.1. The average Bonchev–Trinajstić information content (AvgIpc) is 2.97. The Hall–Kier alpha value is -2.71. The molecule has 8 heteroatoms. The van der Waals surface area contributed by atoms with Gasteiger partial charge in [-0.2, -0.15) is 0 Å². The first-order valence-corrected chi connectivity index (χ1v) is 10.7. The molecule has 2 aromatic rings. The van der Waals surface area contributed by atoms with E-state index in [2.05, 4.69) is 10.6 Å². The fourth-order valence-corrected chi connectivity index (χ4v) is 4.14. The van der Waals surface area contributed by atoms with Gasteiger partial charge in [-0.15, -0.1) is 11.3 Å². The molecule has 2 N–H and O–H groups in total. The predicted molar refractivity (Wildman–Crippen MR) is 120 cm³/mol. The smallest absolute Gasteiger partial charge is 0.341 e. The van der Waals surface area contributed by atoms with Gasteiger partial charge in [0.05, 0.1) is 19.7 Å². The summed E-state index contributed by atoms with van der Waals surface area (Å²) in [5.74, 6) is -0.923. The second kappa shape index (κ2) is 10.9. The van der Waals surface area contributed by atoms with Crippen molar-refractivity contribution in [2.45, 2.75) is 33.7 Å². The molecule has 0 saturated heterocycles. The van der Waals surface area contributed by atoms with E-state index in [0.29, 0.717) is 10.6 Å². The van der Waals surface area contributed by atoms with Crippen LogP contribution in [-0.4, -0.2) is 55.5 Å². The van der Waals surface area contributed by atoms with Gasteiger partial charge >= 0.3 is 5.97 Å². The number of likely N-dealkylation sites (N-methyl/N-ethyl adjacent to an activating group) is 1. The van der Waals surface area contributed by atoms with Gasteiger partial charge in [0.2, 0.25) is 11.8 Å². The molecule has 162 valence electrons. The third-order valence-corrected chi connectivity index (χ3v) is 5.18. The van der Waals surface area contributed by atoms with Crippen LogP contribution in [-0.2, 0) is 14.3 Å². The van der Waals surface area contributed by atoms with E-state index in [1.165, 1.54) is 11.3 Å². The Bertz CT molecular complexity index is 893. The average molecular weight is 432 g/mol. The summed E-state index contributed by atoms with van der Waals surface area (Å²) in [4.78, 5) is 39.7. The van der Waals surface area contributed by atoms with Crippen molar-refractivity contribution in [3.05, 3.63) is 40.8 Å². The molecule has 0 fully saturated rings. The molecule has 2 rings (SSSR count). The Balaban J connectivity index is 2.21. The molecule has 0 bridgehead atoms. The third kappa shape index (κ3) is 6.40. The lowest BCUT2D eigenvalue weighted by molar-refractivity contribution is -0.123. The van der Waals surface area contributed by atoms with Crippen LogP contribution in [0.15, 0.2) is 30.3 Å². The highest BCUT2D eigenvalue weighted by atomic mass is 32.1. The Labute approximate surface area is 181 Å². The molecule has 7 nitrogen and oxygen atoms in total. The molecule has 0 radical (unpaired) electrons. The number of nitrogens with zero attached hydrogens (tertiary/aromatic N) is 1. The predicted octanol–water partition coefficient (Wildman–Crippen LogP) is 3.30. The molecule has 1 aromatic heterocycles. The number of aryl methyl sites for hydroxylation is 1. The first-order valence-electron chi connectivity index (χ1n) is 9.86. The van der Waals surface area contributed by atoms with Crippen LogP contribution < -0.4 is 10.6 Å². The van der Waals surface area contributed by atoms with Gasteiger partial charge in [-0.05, 0) is 40.3 Å². The summed E-state index contributed by atoms with van der Waals surface area (Å²) in [6.07, 6.45) is 0. The zero-order chi connectivity index (χ0) is 22.3. The molecule has 30 heavy (non-hydrogen) atoms. The van der Waals surface area contributed by atoms with Gasteiger partial charge in [0.1, 0.15) is 10.6 Å². The van der Waals surface area contributed by atoms with Crippen molar-refractivity contribution < 1.29 is 19.1 Å². The molecule has 1 aromatic carbocycles. The minimum atomic E-state index is -0.472. The Kier molecular flexibility index (Phi) is 8.56. The monoisotopic (exact) mass is 431 g/mol. The quantitative estimate of drug-likeness (QED) is 0.595. The number of benzene rings is 1. The summed E-state index contributed by atoms with van der Waals surface area (Å²) < 4.78 is 5.25. The molecule has 0 aliphatic heterocycles. The van der Waals surface area contributed by atoms with E-state index in [9.17, 15) is 14.4 Å². The van der Waals surface area contributed by atoms with Gasteiger partial charge in [-0.1, -0.05) is 30.3 Å². The van der Waals surface area contributed by atoms with E-state index in [-0.39, 0.29) is 37.6 Å². The van der Waals surface area contributed by atoms with Crippen molar-refractivity contribution in [3.63, 3.8) is 0 Å². The van der Waals surface area contributed by atoms with Gasteiger partial charge in [0.25, 0.3) is 0 Å². The highest BCUT2D eigenvalue weighted by Crippen LogP contribution is 2.40. The van der Waals surface area contributed by atoms with E-state index < -0.39 is 5.97 Å². The van der Waals surface area contributed by atoms with E-state index in [1.54, 1.807) is 18.9 Å². The van der Waals surface area contributed by atoms with Crippen LogP contribution >= 0.6 is 11.3 Å². The minimum absolute atomic E-state index is 0.0192. The van der Waals surface area contributed by atoms with Gasteiger partial charge < -0.3 is 15.4 Å². The number of nitrogens with one attached hydrogen (secondary N) is 2. The number of esters is 1. The number of ether oxygens (including phenoxy) is 1. The van der Waals surface area contributed by atoms with Crippen molar-refractivity contribution in [2.75, 3.05) is 32.1 Å². The number of thiophene rings is 1.